The number of allylic oxidation sites excluding steroid dienone is 3. The van der Waals surface area contributed by atoms with E-state index in [1.165, 1.54) is 12.2 Å². The zero-order chi connectivity index (χ0) is 55.7. The molecule has 4 atom stereocenters. The number of aromatic nitrogens is 6. The van der Waals surface area contributed by atoms with Crippen molar-refractivity contribution in [3.63, 3.8) is 0 Å². The van der Waals surface area contributed by atoms with Crippen molar-refractivity contribution in [1.29, 1.82) is 0 Å². The van der Waals surface area contributed by atoms with E-state index in [0.29, 0.717) is 66.5 Å². The first-order valence-electron chi connectivity index (χ1n) is 25.6. The molecule has 21 heteroatoms. The third-order valence-electron chi connectivity index (χ3n) is 13.1. The van der Waals surface area contributed by atoms with Crippen molar-refractivity contribution in [2.45, 2.75) is 75.5 Å². The van der Waals surface area contributed by atoms with E-state index in [2.05, 4.69) is 78.4 Å². The number of nitrogens with one attached hydrogen (secondary N) is 7. The van der Waals surface area contributed by atoms with Crippen LogP contribution in [0.2, 0.25) is 10.0 Å². The Hall–Kier alpha value is -7.09. The number of nitrogens with zero attached hydrogens (tertiary/aromatic N) is 4. The summed E-state index contributed by atoms with van der Waals surface area (Å²) in [6.45, 7) is 0. The molecule has 4 aromatic carbocycles. The van der Waals surface area contributed by atoms with Crippen LogP contribution in [0.25, 0.3) is 44.3 Å². The number of alkyl halides is 2. The predicted molar refractivity (Wildman–Crippen MR) is 326 cm³/mol. The number of aromatic amines is 2. The van der Waals surface area contributed by atoms with Crippen molar-refractivity contribution < 1.29 is 19.2 Å². The number of nitrogens with two attached hydrogens (primary N) is 1. The fourth-order valence-corrected chi connectivity index (χ4v) is 10.3. The lowest BCUT2D eigenvalue weighted by atomic mass is 9.91. The molecule has 0 bridgehead atoms. The zero-order valence-electron chi connectivity index (χ0n) is 42.6. The number of carbonyl (C=O) groups is 4. The summed E-state index contributed by atoms with van der Waals surface area (Å²) in [5.74, 6) is 0.619. The molecule has 2 fully saturated rings. The number of H-pyrrole nitrogens is 2. The quantitative estimate of drug-likeness (QED) is 0.0208. The van der Waals surface area contributed by atoms with Crippen molar-refractivity contribution >= 4 is 135 Å². The van der Waals surface area contributed by atoms with Gasteiger partial charge in [-0.3, -0.25) is 19.2 Å². The fourth-order valence-electron chi connectivity index (χ4n) is 9.40. The van der Waals surface area contributed by atoms with Gasteiger partial charge in [-0.05, 0) is 130 Å². The summed E-state index contributed by atoms with van der Waals surface area (Å²) < 4.78 is 0. The minimum Gasteiger partial charge on any atom is -0.399 e. The molecular weight excluding hydrogens is 1190 g/mol. The zero-order valence-corrected chi connectivity index (χ0v) is 48.1. The summed E-state index contributed by atoms with van der Waals surface area (Å²) in [4.78, 5) is 72.0. The monoisotopic (exact) mass is 1250 g/mol. The SMILES string of the molecule is Nc1ccc(C(=O)N[C@H]2CCC[C@@H](Nc3ncc(Cl)c(-c4c[nH]c5ccccc45)n3)C2)cc1.O=C(/C=C/CBr)Nc1ccc(C(=O)N[C@H]2CCC[C@@H](Nc3ncc(Cl)c(-c4c[nH]c5ccccc45)n3)C2)cc1.O=C(Cl)/C=C/CBr. The Labute approximate surface area is 488 Å². The maximum atomic E-state index is 12.9. The molecule has 4 heterocycles. The van der Waals surface area contributed by atoms with Crippen molar-refractivity contribution in [3.8, 4) is 22.5 Å². The number of carbonyl (C=O) groups excluding carboxylic acids is 4. The molecule has 0 aliphatic heterocycles. The summed E-state index contributed by atoms with van der Waals surface area (Å²) in [7, 11) is 0. The number of rotatable bonds is 15. The predicted octanol–water partition coefficient (Wildman–Crippen LogP) is 13.0. The van der Waals surface area contributed by atoms with Crippen LogP contribution in [0.4, 0.5) is 23.3 Å². The molecule has 0 radical (unpaired) electrons. The van der Waals surface area contributed by atoms with Gasteiger partial charge in [0.2, 0.25) is 23.0 Å². The number of benzene rings is 4. The van der Waals surface area contributed by atoms with Crippen molar-refractivity contribution in [2.24, 2.45) is 0 Å². The maximum absolute atomic E-state index is 12.9. The topological polar surface area (TPSA) is 238 Å². The van der Waals surface area contributed by atoms with E-state index in [0.717, 1.165) is 84.3 Å². The molecule has 3 amide bonds. The van der Waals surface area contributed by atoms with E-state index in [-0.39, 0.29) is 41.9 Å². The van der Waals surface area contributed by atoms with Gasteiger partial charge in [0, 0.05) is 109 Å². The van der Waals surface area contributed by atoms with Gasteiger partial charge in [-0.1, -0.05) is 104 Å². The van der Waals surface area contributed by atoms with Crippen molar-refractivity contribution in [3.05, 3.63) is 167 Å². The molecule has 10 rings (SSSR count). The highest BCUT2D eigenvalue weighted by molar-refractivity contribution is 9.09. The fraction of sp³-hybridized carbons (Fsp3) is 0.241. The molecular formula is C58H57Br2Cl3N12O4. The van der Waals surface area contributed by atoms with E-state index in [1.807, 2.05) is 60.9 Å². The van der Waals surface area contributed by atoms with Crippen LogP contribution < -0.4 is 32.3 Å². The summed E-state index contributed by atoms with van der Waals surface area (Å²) in [6, 6.07) is 30.3. The molecule has 8 aromatic rings. The molecule has 0 saturated heterocycles. The molecule has 2 aliphatic carbocycles. The lowest BCUT2D eigenvalue weighted by Crippen LogP contribution is -2.42. The van der Waals surface area contributed by atoms with Crippen LogP contribution >= 0.6 is 66.7 Å². The Morgan fingerprint density at radius 2 is 1.05 bits per heavy atom. The lowest BCUT2D eigenvalue weighted by Gasteiger charge is -2.30. The molecule has 2 aliphatic rings. The second kappa shape index (κ2) is 28.7. The van der Waals surface area contributed by atoms with Gasteiger partial charge in [0.25, 0.3) is 11.8 Å². The second-order valence-corrected chi connectivity index (χ2v) is 21.2. The molecule has 16 nitrogen and oxygen atoms in total. The highest BCUT2D eigenvalue weighted by Gasteiger charge is 2.27. The van der Waals surface area contributed by atoms with Crippen molar-refractivity contribution in [1.82, 2.24) is 40.5 Å². The second-order valence-electron chi connectivity index (χ2n) is 18.7. The van der Waals surface area contributed by atoms with Gasteiger partial charge in [0.1, 0.15) is 0 Å². The third-order valence-corrected chi connectivity index (χ3v) is 14.6. The first-order chi connectivity index (χ1) is 38.3. The number of amides is 3. The van der Waals surface area contributed by atoms with Gasteiger partial charge < -0.3 is 42.3 Å². The number of anilines is 4. The molecule has 9 N–H and O–H groups in total. The minimum atomic E-state index is -0.431. The number of nitrogen functional groups attached to an aromatic ring is 1. The van der Waals surface area contributed by atoms with Gasteiger partial charge in [0.15, 0.2) is 0 Å². The molecule has 0 spiro atoms. The number of para-hydroxylation sites is 2. The van der Waals surface area contributed by atoms with Crippen LogP contribution in [0.1, 0.15) is 72.1 Å². The molecule has 0 unspecified atom stereocenters. The van der Waals surface area contributed by atoms with Crippen LogP contribution in [0.3, 0.4) is 0 Å². The van der Waals surface area contributed by atoms with E-state index in [4.69, 9.17) is 50.5 Å². The van der Waals surface area contributed by atoms with Crippen LogP contribution in [-0.4, -0.2) is 87.7 Å². The van der Waals surface area contributed by atoms with Gasteiger partial charge in [-0.2, -0.15) is 0 Å². The molecule has 408 valence electrons. The Morgan fingerprint density at radius 3 is 1.51 bits per heavy atom. The molecule has 79 heavy (non-hydrogen) atoms. The smallest absolute Gasteiger partial charge is 0.251 e. The number of halogens is 5. The lowest BCUT2D eigenvalue weighted by molar-refractivity contribution is -0.112. The molecule has 4 aromatic heterocycles. The average molecular weight is 1250 g/mol. The largest absolute Gasteiger partial charge is 0.399 e. The number of fused-ring (bicyclic) bond motifs is 2. The Balaban J connectivity index is 0.000000188. The van der Waals surface area contributed by atoms with Crippen LogP contribution in [0.5, 0.6) is 0 Å². The highest BCUT2D eigenvalue weighted by Crippen LogP contribution is 2.35. The summed E-state index contributed by atoms with van der Waals surface area (Å²) in [6.07, 6.45) is 20.5. The average Bonchev–Trinajstić information content (AvgIpc) is 4.16. The summed E-state index contributed by atoms with van der Waals surface area (Å²) in [5.41, 5.74) is 13.4. The third kappa shape index (κ3) is 16.5. The Kier molecular flexibility index (Phi) is 21.1. The maximum Gasteiger partial charge on any atom is 0.251 e. The van der Waals surface area contributed by atoms with E-state index >= 15 is 0 Å². The van der Waals surface area contributed by atoms with Crippen LogP contribution in [-0.2, 0) is 9.59 Å². The number of hydrogen-bond donors (Lipinski definition) is 8. The van der Waals surface area contributed by atoms with E-state index in [1.54, 1.807) is 73.1 Å². The highest BCUT2D eigenvalue weighted by atomic mass is 79.9. The van der Waals surface area contributed by atoms with E-state index in [9.17, 15) is 19.2 Å². The van der Waals surface area contributed by atoms with Crippen LogP contribution in [0.15, 0.2) is 146 Å². The summed E-state index contributed by atoms with van der Waals surface area (Å²) >= 11 is 24.2. The first-order valence-corrected chi connectivity index (χ1v) is 29.0. The Bertz CT molecular complexity index is 3450. The Morgan fingerprint density at radius 1 is 0.608 bits per heavy atom. The van der Waals surface area contributed by atoms with Gasteiger partial charge in [-0.25, -0.2) is 19.9 Å². The van der Waals surface area contributed by atoms with Gasteiger partial charge >= 0.3 is 0 Å². The molecule has 2 saturated carbocycles. The van der Waals surface area contributed by atoms with Gasteiger partial charge in [-0.15, -0.1) is 0 Å². The first kappa shape index (κ1) is 58.1. The van der Waals surface area contributed by atoms with E-state index < -0.39 is 5.24 Å². The number of hydrogen-bond acceptors (Lipinski definition) is 11. The standard InChI is InChI=1S/C29H28BrClN6O2.C25H25ClN6O.C4H4BrClO/c30-14-4-9-26(38)34-19-12-10-18(11-13-19)28(39)35-20-5-3-6-21(15-20)36-29-33-17-24(31)27(37-29)23-16-32-25-8-2-1-7-22(23)25;26-21-14-29-25(32-23(21)20-13-28-22-7-2-1-6-19(20)22)31-18-5-3-4-17(12-18)30-24(33)15-8-10-16(27)11-9-15;5-3-1-2-4(6)7/h1-2,4,7-13,16-17,20-21,32H,3,5-6,14-15H2,(H,34,38)(H,35,39)(H,33,36,37);1-2,6-11,13-14,17-18,28H,3-5,12,27H2,(H,30,33)(H,29,31,32);1-2H,3H2/b9-4+;;2-1+/t20-,21+;17-,18+;/m00./s1. The summed E-state index contributed by atoms with van der Waals surface area (Å²) in [5, 5.41) is 19.9. The van der Waals surface area contributed by atoms with Crippen LogP contribution in [0, 0.1) is 0 Å². The minimum absolute atomic E-state index is 0.0258. The normalized spacial score (nSPS) is 17.0. The van der Waals surface area contributed by atoms with Gasteiger partial charge in [0.05, 0.1) is 33.8 Å². The van der Waals surface area contributed by atoms with Crippen molar-refractivity contribution in [2.75, 3.05) is 32.3 Å².